The Bertz CT molecular complexity index is 797. The van der Waals surface area contributed by atoms with E-state index in [1.165, 1.54) is 11.8 Å². The molecule has 2 atom stereocenters. The number of quaternary nitrogens is 1. The van der Waals surface area contributed by atoms with E-state index in [9.17, 15) is 14.4 Å². The molecule has 0 saturated heterocycles. The van der Waals surface area contributed by atoms with E-state index in [4.69, 9.17) is 11.6 Å². The van der Waals surface area contributed by atoms with E-state index in [-0.39, 0.29) is 30.2 Å². The standard InChI is InChI=1S/C19H25ClN4O3S/c1-11(2)21-17(26)9-24(4)10-18-23-19(27)15(28-18)8-16(25)22-14-7-5-6-13(20)12(14)3/h5-7,11,15H,8-10H2,1-4H3,(H,21,26)(H,22,25)/p+1/t15-/m0/s1. The van der Waals surface area contributed by atoms with Crippen LogP contribution in [0, 0.1) is 6.92 Å². The first kappa shape index (κ1) is 22.4. The van der Waals surface area contributed by atoms with Crippen LogP contribution >= 0.6 is 23.4 Å². The van der Waals surface area contributed by atoms with Crippen LogP contribution in [0.1, 0.15) is 25.8 Å². The highest BCUT2D eigenvalue weighted by Crippen LogP contribution is 2.26. The Balaban J connectivity index is 1.84. The molecule has 152 valence electrons. The lowest BCUT2D eigenvalue weighted by molar-refractivity contribution is -0.861. The van der Waals surface area contributed by atoms with E-state index in [1.54, 1.807) is 18.2 Å². The summed E-state index contributed by atoms with van der Waals surface area (Å²) in [7, 11) is 1.87. The average Bonchev–Trinajstić information content (AvgIpc) is 2.89. The minimum absolute atomic E-state index is 0.0370. The quantitative estimate of drug-likeness (QED) is 0.580. The molecular weight excluding hydrogens is 400 g/mol. The van der Waals surface area contributed by atoms with Crippen molar-refractivity contribution in [2.24, 2.45) is 4.99 Å². The van der Waals surface area contributed by atoms with E-state index in [0.29, 0.717) is 28.8 Å². The van der Waals surface area contributed by atoms with Gasteiger partial charge in [-0.2, -0.15) is 0 Å². The van der Waals surface area contributed by atoms with Crippen LogP contribution in [0.25, 0.3) is 0 Å². The molecule has 0 saturated carbocycles. The summed E-state index contributed by atoms with van der Waals surface area (Å²) in [5.74, 6) is -0.614. The third-order valence-corrected chi connectivity index (χ3v) is 5.64. The number of carbonyl (C=O) groups is 3. The lowest BCUT2D eigenvalue weighted by Gasteiger charge is -2.15. The fraction of sp³-hybridized carbons (Fsp3) is 0.474. The van der Waals surface area contributed by atoms with Gasteiger partial charge in [-0.25, -0.2) is 4.99 Å². The molecule has 0 spiro atoms. The molecule has 1 unspecified atom stereocenters. The summed E-state index contributed by atoms with van der Waals surface area (Å²) in [5, 5.41) is 6.32. The molecule has 2 rings (SSSR count). The first-order valence-electron chi connectivity index (χ1n) is 9.09. The van der Waals surface area contributed by atoms with E-state index in [0.717, 1.165) is 10.5 Å². The lowest BCUT2D eigenvalue weighted by atomic mass is 10.2. The number of likely N-dealkylation sites (N-methyl/N-ethyl adjacent to an activating group) is 1. The number of halogens is 1. The van der Waals surface area contributed by atoms with Gasteiger partial charge < -0.3 is 15.5 Å². The van der Waals surface area contributed by atoms with Crippen molar-refractivity contribution in [3.05, 3.63) is 28.8 Å². The van der Waals surface area contributed by atoms with Gasteiger partial charge in [0.15, 0.2) is 6.54 Å². The minimum Gasteiger partial charge on any atom is -0.349 e. The van der Waals surface area contributed by atoms with Gasteiger partial charge in [-0.1, -0.05) is 29.4 Å². The number of nitrogens with one attached hydrogen (secondary N) is 3. The molecule has 1 aliphatic rings. The number of amides is 3. The largest absolute Gasteiger partial charge is 0.349 e. The maximum absolute atomic E-state index is 12.3. The fourth-order valence-corrected chi connectivity index (χ4v) is 4.09. The van der Waals surface area contributed by atoms with Gasteiger partial charge in [-0.05, 0) is 38.5 Å². The van der Waals surface area contributed by atoms with Crippen molar-refractivity contribution in [1.29, 1.82) is 0 Å². The molecule has 1 heterocycles. The lowest BCUT2D eigenvalue weighted by Crippen LogP contribution is -3.11. The number of thioether (sulfide) groups is 1. The predicted molar refractivity (Wildman–Crippen MR) is 113 cm³/mol. The van der Waals surface area contributed by atoms with Crippen molar-refractivity contribution in [3.8, 4) is 0 Å². The molecule has 3 N–H and O–H groups in total. The highest BCUT2D eigenvalue weighted by atomic mass is 35.5. The van der Waals surface area contributed by atoms with Crippen LogP contribution in [0.5, 0.6) is 0 Å². The van der Waals surface area contributed by atoms with Crippen LogP contribution in [0.4, 0.5) is 5.69 Å². The molecule has 3 amide bonds. The van der Waals surface area contributed by atoms with Gasteiger partial charge in [0, 0.05) is 23.2 Å². The summed E-state index contributed by atoms with van der Waals surface area (Å²) in [4.78, 5) is 41.3. The van der Waals surface area contributed by atoms with Crippen molar-refractivity contribution in [2.45, 2.75) is 38.5 Å². The molecule has 7 nitrogen and oxygen atoms in total. The number of hydrogen-bond acceptors (Lipinski definition) is 4. The molecule has 0 aromatic heterocycles. The summed E-state index contributed by atoms with van der Waals surface area (Å²) in [6.07, 6.45) is 0.0370. The molecule has 9 heteroatoms. The number of rotatable bonds is 8. The molecule has 1 aliphatic heterocycles. The number of anilines is 1. The van der Waals surface area contributed by atoms with E-state index in [2.05, 4.69) is 15.6 Å². The normalized spacial score (nSPS) is 17.4. The average molecular weight is 426 g/mol. The summed E-state index contributed by atoms with van der Waals surface area (Å²) in [5.41, 5.74) is 1.42. The summed E-state index contributed by atoms with van der Waals surface area (Å²) < 4.78 is 0. The van der Waals surface area contributed by atoms with Gasteiger partial charge in [0.25, 0.3) is 11.8 Å². The smallest absolute Gasteiger partial charge is 0.275 e. The first-order chi connectivity index (χ1) is 13.2. The van der Waals surface area contributed by atoms with Gasteiger partial charge >= 0.3 is 0 Å². The Hall–Kier alpha value is -1.90. The highest BCUT2D eigenvalue weighted by molar-refractivity contribution is 8.15. The molecule has 0 radical (unpaired) electrons. The van der Waals surface area contributed by atoms with Crippen molar-refractivity contribution in [1.82, 2.24) is 5.32 Å². The number of nitrogens with zero attached hydrogens (tertiary/aromatic N) is 1. The third kappa shape index (κ3) is 6.61. The monoisotopic (exact) mass is 425 g/mol. The van der Waals surface area contributed by atoms with Crippen molar-refractivity contribution in [3.63, 3.8) is 0 Å². The Morgan fingerprint density at radius 3 is 2.71 bits per heavy atom. The zero-order valence-electron chi connectivity index (χ0n) is 16.5. The predicted octanol–water partition coefficient (Wildman–Crippen LogP) is 1.06. The zero-order chi connectivity index (χ0) is 20.8. The van der Waals surface area contributed by atoms with Gasteiger partial charge in [0.2, 0.25) is 5.91 Å². The number of hydrogen-bond donors (Lipinski definition) is 3. The maximum atomic E-state index is 12.3. The van der Waals surface area contributed by atoms with Crippen LogP contribution in [0.2, 0.25) is 5.02 Å². The zero-order valence-corrected chi connectivity index (χ0v) is 18.0. The summed E-state index contributed by atoms with van der Waals surface area (Å²) in [6, 6.07) is 5.37. The van der Waals surface area contributed by atoms with Gasteiger partial charge in [0.1, 0.15) is 16.8 Å². The highest BCUT2D eigenvalue weighted by Gasteiger charge is 2.32. The molecular formula is C19H26ClN4O3S+. The molecule has 1 aromatic carbocycles. The van der Waals surface area contributed by atoms with Crippen molar-refractivity contribution >= 4 is 51.8 Å². The van der Waals surface area contributed by atoms with Crippen LogP contribution in [0.3, 0.4) is 0 Å². The topological polar surface area (TPSA) is 92.1 Å². The van der Waals surface area contributed by atoms with E-state index in [1.807, 2.05) is 27.8 Å². The van der Waals surface area contributed by atoms with Crippen LogP contribution < -0.4 is 15.5 Å². The first-order valence-corrected chi connectivity index (χ1v) is 10.3. The van der Waals surface area contributed by atoms with Crippen LogP contribution in [-0.4, -0.2) is 54.2 Å². The van der Waals surface area contributed by atoms with Crippen molar-refractivity contribution in [2.75, 3.05) is 25.5 Å². The minimum atomic E-state index is -0.535. The third-order valence-electron chi connectivity index (χ3n) is 4.07. The molecule has 28 heavy (non-hydrogen) atoms. The molecule has 0 fully saturated rings. The second-order valence-corrected chi connectivity index (χ2v) is 8.83. The van der Waals surface area contributed by atoms with Gasteiger partial charge in [-0.3, -0.25) is 14.4 Å². The van der Waals surface area contributed by atoms with E-state index < -0.39 is 5.25 Å². The molecule has 1 aromatic rings. The van der Waals surface area contributed by atoms with Gasteiger partial charge in [0.05, 0.1) is 7.05 Å². The second-order valence-electron chi connectivity index (χ2n) is 7.15. The Kier molecular flexibility index (Phi) is 8.03. The Morgan fingerprint density at radius 1 is 1.32 bits per heavy atom. The molecule has 0 bridgehead atoms. The van der Waals surface area contributed by atoms with Gasteiger partial charge in [-0.15, -0.1) is 0 Å². The van der Waals surface area contributed by atoms with Crippen LogP contribution in [0.15, 0.2) is 23.2 Å². The van der Waals surface area contributed by atoms with Crippen LogP contribution in [-0.2, 0) is 14.4 Å². The maximum Gasteiger partial charge on any atom is 0.275 e. The fourth-order valence-electron chi connectivity index (χ4n) is 2.73. The SMILES string of the molecule is Cc1c(Cl)cccc1NC(=O)C[C@@H]1SC(C[NH+](C)CC(=O)NC(C)C)=NC1=O. The molecule has 0 aliphatic carbocycles. The number of carbonyl (C=O) groups excluding carboxylic acids is 3. The number of benzene rings is 1. The summed E-state index contributed by atoms with van der Waals surface area (Å²) >= 11 is 7.36. The van der Waals surface area contributed by atoms with Crippen molar-refractivity contribution < 1.29 is 19.3 Å². The second kappa shape index (κ2) is 10.0. The van der Waals surface area contributed by atoms with E-state index >= 15 is 0 Å². The Labute approximate surface area is 174 Å². The number of aliphatic imine (C=N–C) groups is 1. The summed E-state index contributed by atoms with van der Waals surface area (Å²) in [6.45, 7) is 6.40. The Morgan fingerprint density at radius 2 is 2.04 bits per heavy atom.